The van der Waals surface area contributed by atoms with Gasteiger partial charge in [-0.1, -0.05) is 38.1 Å². The summed E-state index contributed by atoms with van der Waals surface area (Å²) in [5, 5.41) is 0. The highest BCUT2D eigenvalue weighted by molar-refractivity contribution is 5.30. The van der Waals surface area contributed by atoms with Crippen LogP contribution in [-0.2, 0) is 13.5 Å². The average molecular weight is 243 g/mol. The van der Waals surface area contributed by atoms with Gasteiger partial charge in [0.15, 0.2) is 0 Å². The fraction of sp³-hybridized carbons (Fsp3) is 0.400. The zero-order chi connectivity index (χ0) is 13.1. The van der Waals surface area contributed by atoms with Crippen molar-refractivity contribution in [1.29, 1.82) is 0 Å². The van der Waals surface area contributed by atoms with Gasteiger partial charge < -0.3 is 10.3 Å². The minimum atomic E-state index is -0.140. The van der Waals surface area contributed by atoms with Gasteiger partial charge in [0.25, 0.3) is 0 Å². The first-order valence-electron chi connectivity index (χ1n) is 6.38. The summed E-state index contributed by atoms with van der Waals surface area (Å²) in [6.45, 7) is 4.46. The molecule has 2 rings (SSSR count). The summed E-state index contributed by atoms with van der Waals surface area (Å²) in [5.41, 5.74) is 9.64. The second kappa shape index (κ2) is 5.36. The van der Waals surface area contributed by atoms with Crippen molar-refractivity contribution in [3.8, 4) is 0 Å². The third-order valence-corrected chi connectivity index (χ3v) is 3.00. The van der Waals surface area contributed by atoms with E-state index >= 15 is 0 Å². The van der Waals surface area contributed by atoms with E-state index in [-0.39, 0.29) is 6.04 Å². The number of benzene rings is 1. The van der Waals surface area contributed by atoms with Crippen LogP contribution in [0.25, 0.3) is 0 Å². The molecule has 1 aromatic carbocycles. The van der Waals surface area contributed by atoms with Gasteiger partial charge in [0, 0.05) is 13.2 Å². The standard InChI is InChI=1S/C15H21N3/c1-11(2)7-12-5-4-6-13(8-12)15(16)14-9-18(3)10-17-14/h4-6,8-11,15H,7,16H2,1-3H3. The first-order chi connectivity index (χ1) is 8.56. The van der Waals surface area contributed by atoms with Gasteiger partial charge in [0.2, 0.25) is 0 Å². The lowest BCUT2D eigenvalue weighted by molar-refractivity contribution is 0.646. The Hall–Kier alpha value is -1.61. The molecule has 2 aromatic rings. The largest absolute Gasteiger partial charge is 0.340 e. The predicted octanol–water partition coefficient (Wildman–Crippen LogP) is 2.67. The third-order valence-electron chi connectivity index (χ3n) is 3.00. The number of imidazole rings is 1. The maximum Gasteiger partial charge on any atom is 0.0947 e. The first-order valence-corrected chi connectivity index (χ1v) is 6.38. The molecular formula is C15H21N3. The van der Waals surface area contributed by atoms with Crippen LogP contribution in [0.4, 0.5) is 0 Å². The molecule has 0 bridgehead atoms. The second-order valence-corrected chi connectivity index (χ2v) is 5.28. The van der Waals surface area contributed by atoms with E-state index in [1.807, 2.05) is 17.8 Å². The Bertz CT molecular complexity index is 514. The van der Waals surface area contributed by atoms with Crippen molar-refractivity contribution in [3.63, 3.8) is 0 Å². The zero-order valence-electron chi connectivity index (χ0n) is 11.3. The molecule has 1 aromatic heterocycles. The average Bonchev–Trinajstić information content (AvgIpc) is 2.74. The minimum absolute atomic E-state index is 0.140. The van der Waals surface area contributed by atoms with E-state index in [9.17, 15) is 0 Å². The van der Waals surface area contributed by atoms with Crippen LogP contribution in [0, 0.1) is 5.92 Å². The lowest BCUT2D eigenvalue weighted by atomic mass is 9.97. The van der Waals surface area contributed by atoms with Gasteiger partial charge in [-0.15, -0.1) is 0 Å². The highest BCUT2D eigenvalue weighted by Crippen LogP contribution is 2.20. The molecule has 0 spiro atoms. The first kappa shape index (κ1) is 12.8. The van der Waals surface area contributed by atoms with E-state index in [0.717, 1.165) is 17.7 Å². The van der Waals surface area contributed by atoms with Crippen molar-refractivity contribution in [2.45, 2.75) is 26.3 Å². The van der Waals surface area contributed by atoms with Gasteiger partial charge in [-0.2, -0.15) is 0 Å². The van der Waals surface area contributed by atoms with Crippen molar-refractivity contribution in [2.24, 2.45) is 18.7 Å². The highest BCUT2D eigenvalue weighted by Gasteiger charge is 2.12. The smallest absolute Gasteiger partial charge is 0.0947 e. The summed E-state index contributed by atoms with van der Waals surface area (Å²) in [7, 11) is 1.96. The fourth-order valence-electron chi connectivity index (χ4n) is 2.15. The Kier molecular flexibility index (Phi) is 3.82. The van der Waals surface area contributed by atoms with Crippen LogP contribution in [0.1, 0.15) is 36.7 Å². The van der Waals surface area contributed by atoms with Crippen molar-refractivity contribution >= 4 is 0 Å². The molecule has 0 saturated heterocycles. The molecule has 3 heteroatoms. The van der Waals surface area contributed by atoms with E-state index in [1.165, 1.54) is 5.56 Å². The van der Waals surface area contributed by atoms with Gasteiger partial charge in [-0.3, -0.25) is 0 Å². The van der Waals surface area contributed by atoms with Crippen LogP contribution in [0.15, 0.2) is 36.8 Å². The number of nitrogens with two attached hydrogens (primary N) is 1. The summed E-state index contributed by atoms with van der Waals surface area (Å²) in [6.07, 6.45) is 4.84. The molecule has 0 radical (unpaired) electrons. The maximum absolute atomic E-state index is 6.25. The summed E-state index contributed by atoms with van der Waals surface area (Å²) >= 11 is 0. The van der Waals surface area contributed by atoms with Gasteiger partial charge in [0.1, 0.15) is 0 Å². The molecule has 96 valence electrons. The van der Waals surface area contributed by atoms with E-state index in [1.54, 1.807) is 6.33 Å². The van der Waals surface area contributed by atoms with E-state index < -0.39 is 0 Å². The normalized spacial score (nSPS) is 12.9. The molecule has 0 saturated carbocycles. The molecular weight excluding hydrogens is 222 g/mol. The van der Waals surface area contributed by atoms with Crippen LogP contribution in [0.5, 0.6) is 0 Å². The number of nitrogens with zero attached hydrogens (tertiary/aromatic N) is 2. The monoisotopic (exact) mass is 243 g/mol. The summed E-state index contributed by atoms with van der Waals surface area (Å²) in [4.78, 5) is 4.32. The molecule has 2 N–H and O–H groups in total. The van der Waals surface area contributed by atoms with E-state index in [0.29, 0.717) is 5.92 Å². The molecule has 1 atom stereocenters. The Morgan fingerprint density at radius 3 is 2.72 bits per heavy atom. The molecule has 0 amide bonds. The summed E-state index contributed by atoms with van der Waals surface area (Å²) in [6, 6.07) is 8.37. The van der Waals surface area contributed by atoms with Crippen LogP contribution in [-0.4, -0.2) is 9.55 Å². The lowest BCUT2D eigenvalue weighted by Gasteiger charge is -2.12. The van der Waals surface area contributed by atoms with Crippen LogP contribution >= 0.6 is 0 Å². The predicted molar refractivity (Wildman–Crippen MR) is 74.2 cm³/mol. The number of hydrogen-bond acceptors (Lipinski definition) is 2. The number of rotatable bonds is 4. The van der Waals surface area contributed by atoms with Gasteiger partial charge in [-0.25, -0.2) is 4.98 Å². The molecule has 0 aliphatic rings. The Balaban J connectivity index is 2.22. The van der Waals surface area contributed by atoms with Crippen molar-refractivity contribution in [2.75, 3.05) is 0 Å². The van der Waals surface area contributed by atoms with E-state index in [4.69, 9.17) is 5.73 Å². The maximum atomic E-state index is 6.25. The lowest BCUT2D eigenvalue weighted by Crippen LogP contribution is -2.12. The zero-order valence-corrected chi connectivity index (χ0v) is 11.3. The topological polar surface area (TPSA) is 43.8 Å². The Labute approximate surface area is 109 Å². The number of aromatic nitrogens is 2. The minimum Gasteiger partial charge on any atom is -0.340 e. The van der Waals surface area contributed by atoms with Crippen LogP contribution in [0.2, 0.25) is 0 Å². The van der Waals surface area contributed by atoms with Crippen molar-refractivity contribution in [3.05, 3.63) is 53.6 Å². The highest BCUT2D eigenvalue weighted by atomic mass is 15.0. The Morgan fingerprint density at radius 2 is 2.11 bits per heavy atom. The van der Waals surface area contributed by atoms with Crippen LogP contribution < -0.4 is 5.73 Å². The van der Waals surface area contributed by atoms with Gasteiger partial charge in [-0.05, 0) is 23.5 Å². The Morgan fingerprint density at radius 1 is 1.33 bits per heavy atom. The summed E-state index contributed by atoms with van der Waals surface area (Å²) in [5.74, 6) is 0.659. The molecule has 0 aliphatic heterocycles. The molecule has 1 unspecified atom stereocenters. The van der Waals surface area contributed by atoms with Crippen LogP contribution in [0.3, 0.4) is 0 Å². The van der Waals surface area contributed by atoms with Gasteiger partial charge >= 0.3 is 0 Å². The third kappa shape index (κ3) is 2.99. The second-order valence-electron chi connectivity index (χ2n) is 5.28. The molecule has 1 heterocycles. The molecule has 0 fully saturated rings. The SMILES string of the molecule is CC(C)Cc1cccc(C(N)c2cn(C)cn2)c1. The van der Waals surface area contributed by atoms with E-state index in [2.05, 4.69) is 43.1 Å². The van der Waals surface area contributed by atoms with Gasteiger partial charge in [0.05, 0.1) is 18.1 Å². The number of hydrogen-bond donors (Lipinski definition) is 1. The van der Waals surface area contributed by atoms with Crippen molar-refractivity contribution in [1.82, 2.24) is 9.55 Å². The fourth-order valence-corrected chi connectivity index (χ4v) is 2.15. The van der Waals surface area contributed by atoms with Crippen molar-refractivity contribution < 1.29 is 0 Å². The molecule has 3 nitrogen and oxygen atoms in total. The summed E-state index contributed by atoms with van der Waals surface area (Å²) < 4.78 is 1.92. The molecule has 0 aliphatic carbocycles. The molecule has 18 heavy (non-hydrogen) atoms. The number of aryl methyl sites for hydroxylation is 1. The quantitative estimate of drug-likeness (QED) is 0.897.